The van der Waals surface area contributed by atoms with E-state index in [9.17, 15) is 18.0 Å². The van der Waals surface area contributed by atoms with Crippen molar-refractivity contribution in [3.63, 3.8) is 0 Å². The lowest BCUT2D eigenvalue weighted by Crippen LogP contribution is -2.48. The van der Waals surface area contributed by atoms with Crippen molar-refractivity contribution < 1.29 is 22.7 Å². The third kappa shape index (κ3) is 4.92. The van der Waals surface area contributed by atoms with Gasteiger partial charge in [-0.2, -0.15) is 4.31 Å². The first kappa shape index (κ1) is 23.0. The Bertz CT molecular complexity index is 1230. The van der Waals surface area contributed by atoms with Gasteiger partial charge in [-0.1, -0.05) is 18.2 Å². The quantitative estimate of drug-likeness (QED) is 0.539. The van der Waals surface area contributed by atoms with E-state index in [1.807, 2.05) is 30.3 Å². The molecule has 0 saturated carbocycles. The van der Waals surface area contributed by atoms with E-state index in [1.165, 1.54) is 29.6 Å². The van der Waals surface area contributed by atoms with Crippen LogP contribution in [0.5, 0.6) is 0 Å². The van der Waals surface area contributed by atoms with Crippen molar-refractivity contribution >= 4 is 44.6 Å². The number of methoxy groups -OCH3 is 1. The molecule has 3 aromatic rings. The summed E-state index contributed by atoms with van der Waals surface area (Å²) in [7, 11) is -2.53. The molecule has 1 aromatic heterocycles. The van der Waals surface area contributed by atoms with Crippen LogP contribution >= 0.6 is 11.3 Å². The van der Waals surface area contributed by atoms with Crippen molar-refractivity contribution in [1.29, 1.82) is 0 Å². The lowest BCUT2D eigenvalue weighted by molar-refractivity contribution is 0.0600. The van der Waals surface area contributed by atoms with Gasteiger partial charge in [-0.15, -0.1) is 11.3 Å². The Morgan fingerprint density at radius 1 is 0.939 bits per heavy atom. The summed E-state index contributed by atoms with van der Waals surface area (Å²) in [5.41, 5.74) is 1.86. The van der Waals surface area contributed by atoms with E-state index in [0.29, 0.717) is 37.4 Å². The van der Waals surface area contributed by atoms with Crippen LogP contribution in [-0.2, 0) is 14.8 Å². The van der Waals surface area contributed by atoms with Crippen molar-refractivity contribution in [2.45, 2.75) is 4.90 Å². The van der Waals surface area contributed by atoms with Crippen LogP contribution in [0, 0.1) is 0 Å². The molecule has 10 heteroatoms. The lowest BCUT2D eigenvalue weighted by Gasteiger charge is -2.35. The van der Waals surface area contributed by atoms with Crippen LogP contribution in [0.15, 0.2) is 70.9 Å². The van der Waals surface area contributed by atoms with Crippen molar-refractivity contribution in [3.05, 3.63) is 76.5 Å². The lowest BCUT2D eigenvalue weighted by atomic mass is 10.2. The summed E-state index contributed by atoms with van der Waals surface area (Å²) >= 11 is 1.07. The van der Waals surface area contributed by atoms with Gasteiger partial charge >= 0.3 is 5.97 Å². The Labute approximate surface area is 196 Å². The number of carbonyl (C=O) groups is 2. The van der Waals surface area contributed by atoms with Gasteiger partial charge in [0.05, 0.1) is 12.7 Å². The highest BCUT2D eigenvalue weighted by Crippen LogP contribution is 2.28. The van der Waals surface area contributed by atoms with Gasteiger partial charge in [0, 0.05) is 37.6 Å². The van der Waals surface area contributed by atoms with Gasteiger partial charge in [-0.3, -0.25) is 4.79 Å². The van der Waals surface area contributed by atoms with E-state index < -0.39 is 21.9 Å². The average molecular weight is 486 g/mol. The number of para-hydroxylation sites is 1. The van der Waals surface area contributed by atoms with Crippen LogP contribution in [0.3, 0.4) is 0 Å². The van der Waals surface area contributed by atoms with Crippen LogP contribution < -0.4 is 10.2 Å². The summed E-state index contributed by atoms with van der Waals surface area (Å²) in [5, 5.41) is 4.30. The molecular weight excluding hydrogens is 462 g/mol. The van der Waals surface area contributed by atoms with Gasteiger partial charge in [0.1, 0.15) is 9.77 Å². The number of nitrogens with one attached hydrogen (secondary N) is 1. The number of ether oxygens (including phenoxy) is 1. The van der Waals surface area contributed by atoms with Gasteiger partial charge < -0.3 is 15.0 Å². The van der Waals surface area contributed by atoms with Crippen LogP contribution in [0.4, 0.5) is 11.4 Å². The number of carbonyl (C=O) groups excluding carboxylic acids is 2. The number of esters is 1. The van der Waals surface area contributed by atoms with Gasteiger partial charge in [0.25, 0.3) is 5.91 Å². The van der Waals surface area contributed by atoms with Gasteiger partial charge in [-0.05, 0) is 47.8 Å². The van der Waals surface area contributed by atoms with Crippen LogP contribution in [0.25, 0.3) is 0 Å². The normalized spacial score (nSPS) is 14.6. The number of anilines is 2. The first-order chi connectivity index (χ1) is 15.9. The molecule has 4 rings (SSSR count). The molecule has 172 valence electrons. The zero-order chi connectivity index (χ0) is 23.4. The molecule has 0 bridgehead atoms. The minimum Gasteiger partial charge on any atom is -0.465 e. The minimum atomic E-state index is -3.82. The zero-order valence-corrected chi connectivity index (χ0v) is 19.6. The summed E-state index contributed by atoms with van der Waals surface area (Å²) in [4.78, 5) is 26.7. The first-order valence-corrected chi connectivity index (χ1v) is 12.6. The number of nitrogens with zero attached hydrogens (tertiary/aromatic N) is 2. The average Bonchev–Trinajstić information content (AvgIpc) is 3.36. The molecule has 1 fully saturated rings. The zero-order valence-electron chi connectivity index (χ0n) is 17.9. The topological polar surface area (TPSA) is 96.0 Å². The highest BCUT2D eigenvalue weighted by molar-refractivity contribution is 7.89. The standard InChI is InChI=1S/C23H23N3O5S2/c1-31-23(28)17-7-9-18(10-8-17)24-22(27)21-20(11-16-32-21)33(29,30)26-14-12-25(13-15-26)19-5-3-2-4-6-19/h2-11,16H,12-15H2,1H3,(H,24,27). The van der Waals surface area contributed by atoms with E-state index >= 15 is 0 Å². The molecular formula is C23H23N3O5S2. The molecule has 1 saturated heterocycles. The number of hydrogen-bond acceptors (Lipinski definition) is 7. The molecule has 0 atom stereocenters. The number of benzene rings is 2. The third-order valence-electron chi connectivity index (χ3n) is 5.38. The summed E-state index contributed by atoms with van der Waals surface area (Å²) in [6.45, 7) is 1.81. The Kier molecular flexibility index (Phi) is 6.77. The summed E-state index contributed by atoms with van der Waals surface area (Å²) in [5.74, 6) is -0.996. The maximum atomic E-state index is 13.3. The fourth-order valence-electron chi connectivity index (χ4n) is 3.63. The molecule has 0 aliphatic carbocycles. The molecule has 1 N–H and O–H groups in total. The van der Waals surface area contributed by atoms with Crippen LogP contribution in [0.2, 0.25) is 0 Å². The van der Waals surface area contributed by atoms with Gasteiger partial charge in [0.2, 0.25) is 10.0 Å². The second kappa shape index (κ2) is 9.74. The van der Waals surface area contributed by atoms with Gasteiger partial charge in [-0.25, -0.2) is 13.2 Å². The SMILES string of the molecule is COC(=O)c1ccc(NC(=O)c2sccc2S(=O)(=O)N2CCN(c3ccccc3)CC2)cc1. The van der Waals surface area contributed by atoms with E-state index in [2.05, 4.69) is 15.0 Å². The molecule has 1 amide bonds. The molecule has 2 aromatic carbocycles. The number of hydrogen-bond donors (Lipinski definition) is 1. The van der Waals surface area contributed by atoms with E-state index in [-0.39, 0.29) is 9.77 Å². The number of rotatable bonds is 6. The molecule has 8 nitrogen and oxygen atoms in total. The van der Waals surface area contributed by atoms with E-state index in [0.717, 1.165) is 17.0 Å². The molecule has 0 radical (unpaired) electrons. The van der Waals surface area contributed by atoms with Crippen molar-refractivity contribution in [3.8, 4) is 0 Å². The molecule has 2 heterocycles. The highest BCUT2D eigenvalue weighted by Gasteiger charge is 2.32. The second-order valence-corrected chi connectivity index (χ2v) is 10.2. The van der Waals surface area contributed by atoms with Crippen LogP contribution in [-0.4, -0.2) is 57.9 Å². The Hall–Kier alpha value is -3.21. The third-order valence-corrected chi connectivity index (χ3v) is 8.36. The minimum absolute atomic E-state index is 0.00402. The Morgan fingerprint density at radius 3 is 2.24 bits per heavy atom. The summed E-state index contributed by atoms with van der Waals surface area (Å²) in [6.07, 6.45) is 0. The number of amides is 1. The van der Waals surface area contributed by atoms with Crippen molar-refractivity contribution in [2.75, 3.05) is 43.5 Å². The number of sulfonamides is 1. The maximum absolute atomic E-state index is 13.3. The predicted octanol–water partition coefficient (Wildman–Crippen LogP) is 3.30. The van der Waals surface area contributed by atoms with Gasteiger partial charge in [0.15, 0.2) is 0 Å². The Morgan fingerprint density at radius 2 is 1.61 bits per heavy atom. The first-order valence-electron chi connectivity index (χ1n) is 10.3. The molecule has 1 aliphatic rings. The molecule has 0 unspecified atom stereocenters. The van der Waals surface area contributed by atoms with Crippen molar-refractivity contribution in [1.82, 2.24) is 4.31 Å². The number of thiophene rings is 1. The summed E-state index contributed by atoms with van der Waals surface area (Å²) in [6, 6.07) is 17.5. The second-order valence-electron chi connectivity index (χ2n) is 7.36. The fourth-order valence-corrected chi connectivity index (χ4v) is 6.34. The van der Waals surface area contributed by atoms with E-state index in [1.54, 1.807) is 17.5 Å². The molecule has 0 spiro atoms. The van der Waals surface area contributed by atoms with Crippen molar-refractivity contribution in [2.24, 2.45) is 0 Å². The Balaban J connectivity index is 1.46. The molecule has 1 aliphatic heterocycles. The monoisotopic (exact) mass is 485 g/mol. The smallest absolute Gasteiger partial charge is 0.337 e. The molecule has 33 heavy (non-hydrogen) atoms. The van der Waals surface area contributed by atoms with E-state index in [4.69, 9.17) is 0 Å². The summed E-state index contributed by atoms with van der Waals surface area (Å²) < 4.78 is 32.7. The highest BCUT2D eigenvalue weighted by atomic mass is 32.2. The van der Waals surface area contributed by atoms with Crippen LogP contribution in [0.1, 0.15) is 20.0 Å². The predicted molar refractivity (Wildman–Crippen MR) is 127 cm³/mol. The number of piperazine rings is 1. The fraction of sp³-hybridized carbons (Fsp3) is 0.217. The largest absolute Gasteiger partial charge is 0.465 e. The maximum Gasteiger partial charge on any atom is 0.337 e.